The number of hydrogen-bond acceptors (Lipinski definition) is 2. The maximum absolute atomic E-state index is 6.30. The number of nitrogens with zero attached hydrogens (tertiary/aromatic N) is 1. The smallest absolute Gasteiger partial charge is 0.129 e. The summed E-state index contributed by atoms with van der Waals surface area (Å²) < 4.78 is 0. The van der Waals surface area contributed by atoms with Gasteiger partial charge in [-0.25, -0.2) is 0 Å². The molecule has 3 rings (SSSR count). The van der Waals surface area contributed by atoms with E-state index in [1.165, 1.54) is 30.4 Å². The maximum Gasteiger partial charge on any atom is 0.129 e. The molecule has 2 aromatic rings. The Kier molecular flexibility index (Phi) is 4.46. The van der Waals surface area contributed by atoms with Gasteiger partial charge in [0.1, 0.15) is 6.10 Å². The molecule has 1 aliphatic heterocycles. The van der Waals surface area contributed by atoms with E-state index < -0.39 is 0 Å². The molecule has 0 spiro atoms. The average molecular weight is 267 g/mol. The Bertz CT molecular complexity index is 466. The molecule has 1 heterocycles. The Morgan fingerprint density at radius 1 is 0.700 bits per heavy atom. The SMILES string of the molecule is c1ccc(C(ON2CCCCC2)c2ccccc2)cc1. The molecule has 0 saturated carbocycles. The van der Waals surface area contributed by atoms with Crippen LogP contribution in [-0.2, 0) is 4.84 Å². The van der Waals surface area contributed by atoms with E-state index in [0.717, 1.165) is 13.1 Å². The van der Waals surface area contributed by atoms with Crippen molar-refractivity contribution in [2.24, 2.45) is 0 Å². The maximum atomic E-state index is 6.30. The van der Waals surface area contributed by atoms with Crippen molar-refractivity contribution >= 4 is 0 Å². The lowest BCUT2D eigenvalue weighted by molar-refractivity contribution is -0.196. The van der Waals surface area contributed by atoms with Gasteiger partial charge in [-0.2, -0.15) is 5.06 Å². The zero-order valence-corrected chi connectivity index (χ0v) is 11.7. The summed E-state index contributed by atoms with van der Waals surface area (Å²) in [5, 5.41) is 2.13. The van der Waals surface area contributed by atoms with E-state index >= 15 is 0 Å². The predicted octanol–water partition coefficient (Wildman–Crippen LogP) is 4.19. The van der Waals surface area contributed by atoms with E-state index in [0.29, 0.717) is 0 Å². The molecule has 0 unspecified atom stereocenters. The van der Waals surface area contributed by atoms with Crippen LogP contribution < -0.4 is 0 Å². The molecule has 1 fully saturated rings. The predicted molar refractivity (Wildman–Crippen MR) is 81.2 cm³/mol. The molecular weight excluding hydrogens is 246 g/mol. The van der Waals surface area contributed by atoms with Gasteiger partial charge in [-0.15, -0.1) is 0 Å². The van der Waals surface area contributed by atoms with E-state index in [9.17, 15) is 0 Å². The van der Waals surface area contributed by atoms with E-state index in [1.54, 1.807) is 0 Å². The summed E-state index contributed by atoms with van der Waals surface area (Å²) in [6, 6.07) is 21.0. The van der Waals surface area contributed by atoms with Crippen LogP contribution in [0.15, 0.2) is 60.7 Å². The summed E-state index contributed by atoms with van der Waals surface area (Å²) in [6.45, 7) is 2.08. The van der Waals surface area contributed by atoms with Gasteiger partial charge in [0.05, 0.1) is 0 Å². The standard InChI is InChI=1S/C18H21NO/c1-4-10-16(11-5-1)18(17-12-6-2-7-13-17)20-19-14-8-3-9-15-19/h1-2,4-7,10-13,18H,3,8-9,14-15H2. The summed E-state index contributed by atoms with van der Waals surface area (Å²) in [6.07, 6.45) is 3.78. The quantitative estimate of drug-likeness (QED) is 0.823. The van der Waals surface area contributed by atoms with Crippen LogP contribution in [0.4, 0.5) is 0 Å². The third kappa shape index (κ3) is 3.27. The van der Waals surface area contributed by atoms with Crippen LogP contribution in [0.2, 0.25) is 0 Å². The molecule has 1 saturated heterocycles. The summed E-state index contributed by atoms with van der Waals surface area (Å²) >= 11 is 0. The van der Waals surface area contributed by atoms with Gasteiger partial charge in [-0.1, -0.05) is 67.1 Å². The van der Waals surface area contributed by atoms with Crippen molar-refractivity contribution in [2.75, 3.05) is 13.1 Å². The van der Waals surface area contributed by atoms with Gasteiger partial charge in [0.2, 0.25) is 0 Å². The van der Waals surface area contributed by atoms with Crippen LogP contribution in [-0.4, -0.2) is 18.2 Å². The highest BCUT2D eigenvalue weighted by atomic mass is 16.7. The van der Waals surface area contributed by atoms with Crippen LogP contribution in [0.1, 0.15) is 36.5 Å². The van der Waals surface area contributed by atoms with E-state index in [4.69, 9.17) is 4.84 Å². The molecule has 0 aliphatic carbocycles. The fourth-order valence-electron chi connectivity index (χ4n) is 2.69. The summed E-state index contributed by atoms with van der Waals surface area (Å²) in [5.74, 6) is 0. The lowest BCUT2D eigenvalue weighted by atomic mass is 10.0. The van der Waals surface area contributed by atoms with Gasteiger partial charge in [-0.3, -0.25) is 4.84 Å². The molecule has 2 nitrogen and oxygen atoms in total. The van der Waals surface area contributed by atoms with E-state index in [2.05, 4.69) is 53.6 Å². The summed E-state index contributed by atoms with van der Waals surface area (Å²) in [5.41, 5.74) is 2.42. The minimum Gasteiger partial charge on any atom is -0.286 e. The fourth-order valence-corrected chi connectivity index (χ4v) is 2.69. The second-order valence-corrected chi connectivity index (χ2v) is 5.30. The van der Waals surface area contributed by atoms with Crippen LogP contribution in [0, 0.1) is 0 Å². The molecule has 0 amide bonds. The topological polar surface area (TPSA) is 12.5 Å². The first-order chi connectivity index (χ1) is 9.93. The average Bonchev–Trinajstić information content (AvgIpc) is 2.55. The van der Waals surface area contributed by atoms with Crippen LogP contribution in [0.25, 0.3) is 0 Å². The summed E-state index contributed by atoms with van der Waals surface area (Å²) in [7, 11) is 0. The van der Waals surface area contributed by atoms with E-state index in [1.807, 2.05) is 12.1 Å². The molecule has 0 aromatic heterocycles. The molecule has 0 atom stereocenters. The van der Waals surface area contributed by atoms with Gasteiger partial charge in [-0.05, 0) is 24.0 Å². The van der Waals surface area contributed by atoms with Crippen LogP contribution in [0.3, 0.4) is 0 Å². The van der Waals surface area contributed by atoms with Crippen molar-refractivity contribution in [3.8, 4) is 0 Å². The van der Waals surface area contributed by atoms with Crippen molar-refractivity contribution in [3.05, 3.63) is 71.8 Å². The summed E-state index contributed by atoms with van der Waals surface area (Å²) in [4.78, 5) is 6.30. The normalized spacial score (nSPS) is 16.4. The Hall–Kier alpha value is -1.64. The Balaban J connectivity index is 1.83. The second kappa shape index (κ2) is 6.69. The Morgan fingerprint density at radius 3 is 1.70 bits per heavy atom. The molecule has 0 N–H and O–H groups in total. The third-order valence-electron chi connectivity index (χ3n) is 3.77. The fraction of sp³-hybridized carbons (Fsp3) is 0.333. The van der Waals surface area contributed by atoms with Crippen LogP contribution >= 0.6 is 0 Å². The number of hydrogen-bond donors (Lipinski definition) is 0. The monoisotopic (exact) mass is 267 g/mol. The third-order valence-corrected chi connectivity index (χ3v) is 3.77. The number of benzene rings is 2. The number of rotatable bonds is 4. The Labute approximate surface area is 120 Å². The second-order valence-electron chi connectivity index (χ2n) is 5.30. The zero-order chi connectivity index (χ0) is 13.6. The molecule has 0 radical (unpaired) electrons. The molecule has 2 aromatic carbocycles. The minimum atomic E-state index is -0.00417. The molecule has 20 heavy (non-hydrogen) atoms. The van der Waals surface area contributed by atoms with Gasteiger partial charge in [0.25, 0.3) is 0 Å². The first-order valence-corrected chi connectivity index (χ1v) is 7.45. The Morgan fingerprint density at radius 2 is 1.20 bits per heavy atom. The highest BCUT2D eigenvalue weighted by molar-refractivity contribution is 5.29. The van der Waals surface area contributed by atoms with E-state index in [-0.39, 0.29) is 6.10 Å². The van der Waals surface area contributed by atoms with Crippen molar-refractivity contribution in [1.82, 2.24) is 5.06 Å². The molecule has 1 aliphatic rings. The minimum absolute atomic E-state index is 0.00417. The first kappa shape index (κ1) is 13.3. The van der Waals surface area contributed by atoms with Crippen molar-refractivity contribution in [1.29, 1.82) is 0 Å². The lowest BCUT2D eigenvalue weighted by Gasteiger charge is -2.30. The van der Waals surface area contributed by atoms with Gasteiger partial charge in [0, 0.05) is 13.1 Å². The van der Waals surface area contributed by atoms with Crippen molar-refractivity contribution in [2.45, 2.75) is 25.4 Å². The van der Waals surface area contributed by atoms with Crippen LogP contribution in [0.5, 0.6) is 0 Å². The highest BCUT2D eigenvalue weighted by Crippen LogP contribution is 2.27. The molecule has 0 bridgehead atoms. The molecular formula is C18H21NO. The van der Waals surface area contributed by atoms with Crippen molar-refractivity contribution in [3.63, 3.8) is 0 Å². The number of hydroxylamine groups is 2. The van der Waals surface area contributed by atoms with Gasteiger partial charge in [0.15, 0.2) is 0 Å². The highest BCUT2D eigenvalue weighted by Gasteiger charge is 2.20. The van der Waals surface area contributed by atoms with Gasteiger partial charge >= 0.3 is 0 Å². The van der Waals surface area contributed by atoms with Gasteiger partial charge < -0.3 is 0 Å². The number of piperidine rings is 1. The first-order valence-electron chi connectivity index (χ1n) is 7.45. The largest absolute Gasteiger partial charge is 0.286 e. The molecule has 104 valence electrons. The molecule has 2 heteroatoms. The lowest BCUT2D eigenvalue weighted by Crippen LogP contribution is -2.31. The van der Waals surface area contributed by atoms with Crippen molar-refractivity contribution < 1.29 is 4.84 Å². The zero-order valence-electron chi connectivity index (χ0n) is 11.7.